The number of rotatable bonds is 8. The monoisotopic (exact) mass is 465 g/mol. The molecule has 0 saturated carbocycles. The Balaban J connectivity index is 1.59. The summed E-state index contributed by atoms with van der Waals surface area (Å²) in [5.74, 6) is -0.333. The van der Waals surface area contributed by atoms with Gasteiger partial charge in [-0.05, 0) is 55.8 Å². The molecule has 2 aromatic carbocycles. The van der Waals surface area contributed by atoms with Gasteiger partial charge in [0.1, 0.15) is 10.6 Å². The van der Waals surface area contributed by atoms with Crippen LogP contribution in [0.3, 0.4) is 0 Å². The Morgan fingerprint density at radius 1 is 1.09 bits per heavy atom. The Kier molecular flexibility index (Phi) is 7.70. The third-order valence-electron chi connectivity index (χ3n) is 5.53. The summed E-state index contributed by atoms with van der Waals surface area (Å²) in [4.78, 5) is 14.8. The molecular weight excluding hydrogens is 437 g/mol. The number of benzene rings is 2. The van der Waals surface area contributed by atoms with Crippen LogP contribution in [-0.2, 0) is 16.6 Å². The van der Waals surface area contributed by atoms with E-state index in [4.69, 9.17) is 9.47 Å². The van der Waals surface area contributed by atoms with Crippen LogP contribution in [0.2, 0.25) is 0 Å². The zero-order valence-electron chi connectivity index (χ0n) is 18.4. The van der Waals surface area contributed by atoms with E-state index in [1.54, 1.807) is 6.07 Å². The summed E-state index contributed by atoms with van der Waals surface area (Å²) in [5, 5.41) is 2.98. The van der Waals surface area contributed by atoms with Crippen molar-refractivity contribution >= 4 is 15.9 Å². The number of halogens is 1. The zero-order chi connectivity index (χ0) is 23.3. The van der Waals surface area contributed by atoms with Crippen LogP contribution in [0.15, 0.2) is 41.3 Å². The van der Waals surface area contributed by atoms with Crippen LogP contribution in [0, 0.1) is 5.82 Å². The zero-order valence-corrected chi connectivity index (χ0v) is 19.2. The van der Waals surface area contributed by atoms with Crippen LogP contribution in [0.4, 0.5) is 4.39 Å². The molecule has 1 aliphatic heterocycles. The number of amides is 1. The number of carbonyl (C=O) groups is 1. The normalized spacial score (nSPS) is 15.4. The Bertz CT molecular complexity index is 1070. The van der Waals surface area contributed by atoms with Crippen LogP contribution < -0.4 is 19.5 Å². The Morgan fingerprint density at radius 2 is 1.75 bits per heavy atom. The van der Waals surface area contributed by atoms with Crippen molar-refractivity contribution in [2.45, 2.75) is 30.3 Å². The average Bonchev–Trinajstić information content (AvgIpc) is 2.80. The van der Waals surface area contributed by atoms with E-state index >= 15 is 0 Å². The second kappa shape index (κ2) is 10.3. The standard InChI is InChI=1S/C22H28FN3O5S/c1-24-32(28,29)21-13-16(5-7-20(21)31-3)22(27)25-17-8-10-26(11-9-17)14-15-4-6-19(30-2)18(23)12-15/h4-7,12-13,17,24H,8-11,14H2,1-3H3,(H,25,27). The molecule has 1 heterocycles. The van der Waals surface area contributed by atoms with Crippen molar-refractivity contribution in [2.24, 2.45) is 0 Å². The van der Waals surface area contributed by atoms with Gasteiger partial charge in [-0.1, -0.05) is 6.07 Å². The van der Waals surface area contributed by atoms with Crippen molar-refractivity contribution in [1.29, 1.82) is 0 Å². The van der Waals surface area contributed by atoms with Gasteiger partial charge >= 0.3 is 0 Å². The van der Waals surface area contributed by atoms with Crippen LogP contribution in [0.1, 0.15) is 28.8 Å². The Hall–Kier alpha value is -2.69. The molecule has 0 radical (unpaired) electrons. The molecular formula is C22H28FN3O5S. The van der Waals surface area contributed by atoms with Gasteiger partial charge in [0, 0.05) is 31.2 Å². The maximum absolute atomic E-state index is 13.9. The Morgan fingerprint density at radius 3 is 2.34 bits per heavy atom. The number of sulfonamides is 1. The van der Waals surface area contributed by atoms with Gasteiger partial charge in [0.05, 0.1) is 14.2 Å². The molecule has 8 nitrogen and oxygen atoms in total. The topological polar surface area (TPSA) is 97.0 Å². The van der Waals surface area contributed by atoms with Gasteiger partial charge in [0.2, 0.25) is 10.0 Å². The minimum Gasteiger partial charge on any atom is -0.495 e. The summed E-state index contributed by atoms with van der Waals surface area (Å²) in [6.07, 6.45) is 1.48. The first kappa shape index (κ1) is 24.0. The quantitative estimate of drug-likeness (QED) is 0.620. The van der Waals surface area contributed by atoms with E-state index in [0.717, 1.165) is 31.5 Å². The molecule has 0 atom stereocenters. The number of hydrogen-bond donors (Lipinski definition) is 2. The molecule has 2 N–H and O–H groups in total. The van der Waals surface area contributed by atoms with Gasteiger partial charge in [-0.15, -0.1) is 0 Å². The maximum Gasteiger partial charge on any atom is 0.251 e. The van der Waals surface area contributed by atoms with Crippen LogP contribution in [0.5, 0.6) is 11.5 Å². The van der Waals surface area contributed by atoms with Crippen molar-refractivity contribution in [3.05, 3.63) is 53.3 Å². The lowest BCUT2D eigenvalue weighted by Gasteiger charge is -2.32. The SMILES string of the molecule is CNS(=O)(=O)c1cc(C(=O)NC2CCN(Cc3ccc(OC)c(F)c3)CC2)ccc1OC. The third kappa shape index (κ3) is 5.56. The first-order chi connectivity index (χ1) is 15.3. The third-order valence-corrected chi connectivity index (χ3v) is 6.96. The summed E-state index contributed by atoms with van der Waals surface area (Å²) in [6, 6.07) is 9.23. The molecule has 0 aliphatic carbocycles. The van der Waals surface area contributed by atoms with E-state index in [9.17, 15) is 17.6 Å². The molecule has 32 heavy (non-hydrogen) atoms. The number of nitrogens with one attached hydrogen (secondary N) is 2. The molecule has 10 heteroatoms. The fraction of sp³-hybridized carbons (Fsp3) is 0.409. The molecule has 3 rings (SSSR count). The second-order valence-electron chi connectivity index (χ2n) is 7.57. The van der Waals surface area contributed by atoms with Gasteiger partial charge < -0.3 is 14.8 Å². The first-order valence-corrected chi connectivity index (χ1v) is 11.7. The maximum atomic E-state index is 13.9. The molecule has 1 amide bonds. The highest BCUT2D eigenvalue weighted by molar-refractivity contribution is 7.89. The molecule has 0 spiro atoms. The van der Waals surface area contributed by atoms with Gasteiger partial charge in [0.15, 0.2) is 11.6 Å². The predicted molar refractivity (Wildman–Crippen MR) is 118 cm³/mol. The lowest BCUT2D eigenvalue weighted by Crippen LogP contribution is -2.44. The summed E-state index contributed by atoms with van der Waals surface area (Å²) < 4.78 is 50.7. The molecule has 0 aromatic heterocycles. The minimum absolute atomic E-state index is 0.0298. The van der Waals surface area contributed by atoms with Crippen molar-refractivity contribution in [3.63, 3.8) is 0 Å². The average molecular weight is 466 g/mol. The highest BCUT2D eigenvalue weighted by atomic mass is 32.2. The first-order valence-electron chi connectivity index (χ1n) is 10.2. The summed E-state index contributed by atoms with van der Waals surface area (Å²) in [5.41, 5.74) is 1.11. The number of hydrogen-bond acceptors (Lipinski definition) is 6. The molecule has 0 unspecified atom stereocenters. The molecule has 1 saturated heterocycles. The number of nitrogens with zero attached hydrogens (tertiary/aromatic N) is 1. The second-order valence-corrected chi connectivity index (χ2v) is 9.42. The van der Waals surface area contributed by atoms with Crippen LogP contribution >= 0.6 is 0 Å². The highest BCUT2D eigenvalue weighted by Gasteiger charge is 2.24. The summed E-state index contributed by atoms with van der Waals surface area (Å²) >= 11 is 0. The molecule has 1 fully saturated rings. The van der Waals surface area contributed by atoms with Crippen molar-refractivity contribution < 1.29 is 27.1 Å². The molecule has 174 valence electrons. The molecule has 0 bridgehead atoms. The summed E-state index contributed by atoms with van der Waals surface area (Å²) in [7, 11) is 0.337. The van der Waals surface area contributed by atoms with Crippen LogP contribution in [-0.4, -0.2) is 59.6 Å². The van der Waals surface area contributed by atoms with Crippen molar-refractivity contribution in [2.75, 3.05) is 34.4 Å². The van der Waals surface area contributed by atoms with E-state index in [2.05, 4.69) is 14.9 Å². The van der Waals surface area contributed by atoms with Gasteiger partial charge in [-0.3, -0.25) is 9.69 Å². The van der Waals surface area contributed by atoms with E-state index in [0.29, 0.717) is 6.54 Å². The highest BCUT2D eigenvalue weighted by Crippen LogP contribution is 2.25. The van der Waals surface area contributed by atoms with E-state index in [1.807, 2.05) is 6.07 Å². The number of methoxy groups -OCH3 is 2. The number of likely N-dealkylation sites (tertiary alicyclic amines) is 1. The molecule has 1 aliphatic rings. The smallest absolute Gasteiger partial charge is 0.251 e. The predicted octanol–water partition coefficient (Wildman–Crippen LogP) is 2.15. The largest absolute Gasteiger partial charge is 0.495 e. The number of piperidine rings is 1. The van der Waals surface area contributed by atoms with Crippen molar-refractivity contribution in [3.8, 4) is 11.5 Å². The van der Waals surface area contributed by atoms with Gasteiger partial charge in [0.25, 0.3) is 5.91 Å². The Labute approximate surface area is 187 Å². The fourth-order valence-corrected chi connectivity index (χ4v) is 4.63. The van der Waals surface area contributed by atoms with E-state index in [1.165, 1.54) is 45.5 Å². The lowest BCUT2D eigenvalue weighted by molar-refractivity contribution is 0.0908. The van der Waals surface area contributed by atoms with Crippen molar-refractivity contribution in [1.82, 2.24) is 14.9 Å². The minimum atomic E-state index is -3.77. The molecule has 2 aromatic rings. The van der Waals surface area contributed by atoms with Gasteiger partial charge in [-0.25, -0.2) is 17.5 Å². The number of ether oxygens (including phenoxy) is 2. The van der Waals surface area contributed by atoms with E-state index < -0.39 is 10.0 Å². The fourth-order valence-electron chi connectivity index (χ4n) is 3.71. The number of carbonyl (C=O) groups excluding carboxylic acids is 1. The van der Waals surface area contributed by atoms with Crippen LogP contribution in [0.25, 0.3) is 0 Å². The lowest BCUT2D eigenvalue weighted by atomic mass is 10.0. The summed E-state index contributed by atoms with van der Waals surface area (Å²) in [6.45, 7) is 2.12. The van der Waals surface area contributed by atoms with Gasteiger partial charge in [-0.2, -0.15) is 0 Å². The van der Waals surface area contributed by atoms with E-state index in [-0.39, 0.29) is 39.7 Å².